The molecule has 1 N–H and O–H groups in total. The van der Waals surface area contributed by atoms with Gasteiger partial charge in [0.05, 0.1) is 11.5 Å². The molecule has 1 aromatic rings. The van der Waals surface area contributed by atoms with Crippen molar-refractivity contribution in [3.05, 3.63) is 39.9 Å². The van der Waals surface area contributed by atoms with E-state index < -0.39 is 4.92 Å². The molecule has 0 unspecified atom stereocenters. The number of carbonyl (C=O) groups is 1. The third kappa shape index (κ3) is 3.77. The first-order chi connectivity index (χ1) is 9.61. The van der Waals surface area contributed by atoms with Crippen LogP contribution in [0.4, 0.5) is 5.69 Å². The Bertz CT molecular complexity index is 500. The highest BCUT2D eigenvalue weighted by Crippen LogP contribution is 2.26. The molecular formula is C14H19N3O3. The van der Waals surface area contributed by atoms with Gasteiger partial charge in [0.1, 0.15) is 0 Å². The number of nitrogens with zero attached hydrogens (tertiary/aromatic N) is 2. The lowest BCUT2D eigenvalue weighted by Crippen LogP contribution is -2.39. The molecule has 1 saturated carbocycles. The van der Waals surface area contributed by atoms with E-state index in [0.29, 0.717) is 12.6 Å². The summed E-state index contributed by atoms with van der Waals surface area (Å²) in [4.78, 5) is 24.1. The molecule has 0 spiro atoms. The van der Waals surface area contributed by atoms with Gasteiger partial charge in [-0.3, -0.25) is 14.9 Å². The van der Waals surface area contributed by atoms with Crippen molar-refractivity contribution in [1.29, 1.82) is 0 Å². The summed E-state index contributed by atoms with van der Waals surface area (Å²) in [7, 11) is 0. The first-order valence-corrected chi connectivity index (χ1v) is 6.85. The predicted octanol–water partition coefficient (Wildman–Crippen LogP) is 1.70. The van der Waals surface area contributed by atoms with Gasteiger partial charge >= 0.3 is 0 Å². The number of hydrogen-bond acceptors (Lipinski definition) is 4. The van der Waals surface area contributed by atoms with Crippen LogP contribution in [0.15, 0.2) is 24.3 Å². The van der Waals surface area contributed by atoms with Crippen LogP contribution in [-0.4, -0.2) is 34.9 Å². The summed E-state index contributed by atoms with van der Waals surface area (Å²) in [6.45, 7) is 3.45. The maximum atomic E-state index is 12.0. The number of carbonyl (C=O) groups excluding carboxylic acids is 1. The molecule has 0 aromatic heterocycles. The molecule has 1 aliphatic rings. The first kappa shape index (κ1) is 14.5. The normalized spacial score (nSPS) is 14.1. The number of nitrogens with one attached hydrogen (secondary N) is 1. The Kier molecular flexibility index (Phi) is 4.68. The molecule has 1 amide bonds. The fourth-order valence-corrected chi connectivity index (χ4v) is 2.22. The molecular weight excluding hydrogens is 258 g/mol. The summed E-state index contributed by atoms with van der Waals surface area (Å²) < 4.78 is 0. The van der Waals surface area contributed by atoms with E-state index in [9.17, 15) is 14.9 Å². The minimum Gasteiger partial charge on any atom is -0.339 e. The number of nitro benzene ring substituents is 1. The van der Waals surface area contributed by atoms with Gasteiger partial charge in [0, 0.05) is 31.3 Å². The summed E-state index contributed by atoms with van der Waals surface area (Å²) in [5.41, 5.74) is 0.880. The summed E-state index contributed by atoms with van der Waals surface area (Å²) in [6, 6.07) is 6.87. The average Bonchev–Trinajstić information content (AvgIpc) is 3.24. The third-order valence-electron chi connectivity index (χ3n) is 3.38. The number of nitro groups is 1. The zero-order valence-electron chi connectivity index (χ0n) is 11.5. The van der Waals surface area contributed by atoms with Gasteiger partial charge in [-0.25, -0.2) is 0 Å². The van der Waals surface area contributed by atoms with E-state index in [4.69, 9.17) is 0 Å². The lowest BCUT2D eigenvalue weighted by Gasteiger charge is -2.20. The van der Waals surface area contributed by atoms with Crippen LogP contribution >= 0.6 is 0 Å². The monoisotopic (exact) mass is 277 g/mol. The molecule has 0 atom stereocenters. The molecule has 0 aliphatic heterocycles. The van der Waals surface area contributed by atoms with Crippen LogP contribution < -0.4 is 5.32 Å². The van der Waals surface area contributed by atoms with Gasteiger partial charge in [0.25, 0.3) is 5.69 Å². The van der Waals surface area contributed by atoms with Crippen molar-refractivity contribution in [2.24, 2.45) is 0 Å². The number of amides is 1. The number of benzene rings is 1. The Morgan fingerprint density at radius 3 is 2.85 bits per heavy atom. The van der Waals surface area contributed by atoms with Crippen LogP contribution in [0.5, 0.6) is 0 Å². The number of non-ortho nitro benzene ring substituents is 1. The summed E-state index contributed by atoms with van der Waals surface area (Å²) in [5, 5.41) is 13.7. The van der Waals surface area contributed by atoms with E-state index in [1.807, 2.05) is 17.9 Å². The predicted molar refractivity (Wildman–Crippen MR) is 75.2 cm³/mol. The van der Waals surface area contributed by atoms with Crippen molar-refractivity contribution in [3.8, 4) is 0 Å². The Morgan fingerprint density at radius 1 is 1.50 bits per heavy atom. The summed E-state index contributed by atoms with van der Waals surface area (Å²) in [5.74, 6) is 0.0976. The van der Waals surface area contributed by atoms with Crippen molar-refractivity contribution >= 4 is 11.6 Å². The van der Waals surface area contributed by atoms with Gasteiger partial charge in [-0.15, -0.1) is 0 Å². The maximum absolute atomic E-state index is 12.0. The Hall–Kier alpha value is -1.95. The van der Waals surface area contributed by atoms with Crippen LogP contribution in [0.2, 0.25) is 0 Å². The summed E-state index contributed by atoms with van der Waals surface area (Å²) >= 11 is 0. The molecule has 0 saturated heterocycles. The maximum Gasteiger partial charge on any atom is 0.269 e. The minimum absolute atomic E-state index is 0.0730. The molecule has 1 aromatic carbocycles. The van der Waals surface area contributed by atoms with Gasteiger partial charge < -0.3 is 10.2 Å². The third-order valence-corrected chi connectivity index (χ3v) is 3.38. The van der Waals surface area contributed by atoms with E-state index in [1.54, 1.807) is 6.07 Å². The van der Waals surface area contributed by atoms with Crippen LogP contribution in [-0.2, 0) is 11.3 Å². The highest BCUT2D eigenvalue weighted by atomic mass is 16.6. The lowest BCUT2D eigenvalue weighted by atomic mass is 10.2. The fraction of sp³-hybridized carbons (Fsp3) is 0.500. The number of likely N-dealkylation sites (N-methyl/N-ethyl adjacent to an activating group) is 1. The second-order valence-corrected chi connectivity index (χ2v) is 4.94. The second kappa shape index (κ2) is 6.47. The molecule has 20 heavy (non-hydrogen) atoms. The molecule has 1 aliphatic carbocycles. The Labute approximate surface area is 117 Å². The number of rotatable bonds is 7. The van der Waals surface area contributed by atoms with Crippen molar-refractivity contribution in [2.75, 3.05) is 13.1 Å². The smallest absolute Gasteiger partial charge is 0.269 e. The minimum atomic E-state index is -0.416. The van der Waals surface area contributed by atoms with Crippen LogP contribution in [0, 0.1) is 10.1 Å². The quantitative estimate of drug-likeness (QED) is 0.608. The van der Waals surface area contributed by atoms with Gasteiger partial charge in [-0.05, 0) is 25.3 Å². The van der Waals surface area contributed by atoms with Crippen LogP contribution in [0.3, 0.4) is 0 Å². The van der Waals surface area contributed by atoms with Crippen molar-refractivity contribution in [1.82, 2.24) is 10.2 Å². The van der Waals surface area contributed by atoms with Gasteiger partial charge in [0.2, 0.25) is 5.91 Å². The highest BCUT2D eigenvalue weighted by molar-refractivity contribution is 5.78. The Morgan fingerprint density at radius 2 is 2.25 bits per heavy atom. The highest BCUT2D eigenvalue weighted by Gasteiger charge is 2.30. The molecule has 0 radical (unpaired) electrons. The van der Waals surface area contributed by atoms with E-state index >= 15 is 0 Å². The molecule has 6 heteroatoms. The van der Waals surface area contributed by atoms with Crippen LogP contribution in [0.25, 0.3) is 0 Å². The molecule has 2 rings (SSSR count). The second-order valence-electron chi connectivity index (χ2n) is 4.94. The molecule has 0 heterocycles. The van der Waals surface area contributed by atoms with E-state index in [-0.39, 0.29) is 18.1 Å². The van der Waals surface area contributed by atoms with E-state index in [1.165, 1.54) is 12.1 Å². The standard InChI is InChI=1S/C14H19N3O3/c1-2-16(12-6-7-12)14(18)10-15-9-11-4-3-5-13(8-11)17(19)20/h3-5,8,12,15H,2,6-7,9-10H2,1H3. The van der Waals surface area contributed by atoms with E-state index in [0.717, 1.165) is 24.9 Å². The fourth-order valence-electron chi connectivity index (χ4n) is 2.22. The Balaban J connectivity index is 1.81. The van der Waals surface area contributed by atoms with Gasteiger partial charge in [-0.2, -0.15) is 0 Å². The van der Waals surface area contributed by atoms with E-state index in [2.05, 4.69) is 5.32 Å². The summed E-state index contributed by atoms with van der Waals surface area (Å²) in [6.07, 6.45) is 2.20. The largest absolute Gasteiger partial charge is 0.339 e. The topological polar surface area (TPSA) is 75.5 Å². The zero-order valence-corrected chi connectivity index (χ0v) is 11.5. The zero-order chi connectivity index (χ0) is 14.5. The van der Waals surface area contributed by atoms with Crippen LogP contribution in [0.1, 0.15) is 25.3 Å². The van der Waals surface area contributed by atoms with Gasteiger partial charge in [-0.1, -0.05) is 12.1 Å². The van der Waals surface area contributed by atoms with Crippen molar-refractivity contribution in [3.63, 3.8) is 0 Å². The van der Waals surface area contributed by atoms with Gasteiger partial charge in [0.15, 0.2) is 0 Å². The first-order valence-electron chi connectivity index (χ1n) is 6.85. The van der Waals surface area contributed by atoms with Crippen molar-refractivity contribution in [2.45, 2.75) is 32.4 Å². The van der Waals surface area contributed by atoms with Crippen molar-refractivity contribution < 1.29 is 9.72 Å². The molecule has 6 nitrogen and oxygen atoms in total. The molecule has 0 bridgehead atoms. The lowest BCUT2D eigenvalue weighted by molar-refractivity contribution is -0.384. The molecule has 1 fully saturated rings. The molecule has 108 valence electrons. The average molecular weight is 277 g/mol. The number of hydrogen-bond donors (Lipinski definition) is 1. The SMILES string of the molecule is CCN(C(=O)CNCc1cccc([N+](=O)[O-])c1)C1CC1.